The van der Waals surface area contributed by atoms with Crippen LogP contribution in [-0.4, -0.2) is 0 Å². The van der Waals surface area contributed by atoms with E-state index in [9.17, 15) is 0 Å². The smallest absolute Gasteiger partial charge is 0.115 e. The van der Waals surface area contributed by atoms with Gasteiger partial charge in [-0.2, -0.15) is 0 Å². The number of rotatable bonds is 0. The molecule has 1 aliphatic carbocycles. The number of hydrogen-bond donors (Lipinski definition) is 0. The molecule has 0 N–H and O–H groups in total. The summed E-state index contributed by atoms with van der Waals surface area (Å²) in [5.74, 6) is 1.10. The first-order chi connectivity index (χ1) is 9.90. The van der Waals surface area contributed by atoms with E-state index >= 15 is 0 Å². The van der Waals surface area contributed by atoms with E-state index in [0.717, 1.165) is 12.2 Å². The van der Waals surface area contributed by atoms with Gasteiger partial charge in [-0.15, -0.1) is 0 Å². The van der Waals surface area contributed by atoms with E-state index in [0.29, 0.717) is 0 Å². The second-order valence-corrected chi connectivity index (χ2v) is 5.45. The fourth-order valence-electron chi connectivity index (χ4n) is 3.40. The zero-order valence-electron chi connectivity index (χ0n) is 10.9. The SMILES string of the molecule is c1ccc2cc3c4c(ccc3cc2c1)Cc1occc1-4. The van der Waals surface area contributed by atoms with E-state index in [1.54, 1.807) is 6.26 Å². The van der Waals surface area contributed by atoms with Crippen LogP contribution < -0.4 is 0 Å². The van der Waals surface area contributed by atoms with Gasteiger partial charge in [0.2, 0.25) is 0 Å². The number of benzene rings is 3. The average molecular weight is 256 g/mol. The van der Waals surface area contributed by atoms with Crippen molar-refractivity contribution in [2.75, 3.05) is 0 Å². The molecule has 1 aromatic heterocycles. The van der Waals surface area contributed by atoms with Gasteiger partial charge in [0.25, 0.3) is 0 Å². The van der Waals surface area contributed by atoms with Crippen LogP contribution in [0.2, 0.25) is 0 Å². The van der Waals surface area contributed by atoms with Crippen molar-refractivity contribution in [1.82, 2.24) is 0 Å². The normalized spacial score (nSPS) is 12.8. The van der Waals surface area contributed by atoms with Crippen LogP contribution in [0.4, 0.5) is 0 Å². The summed E-state index contributed by atoms with van der Waals surface area (Å²) < 4.78 is 5.59. The molecule has 4 aromatic rings. The van der Waals surface area contributed by atoms with E-state index < -0.39 is 0 Å². The predicted molar refractivity (Wildman–Crippen MR) is 82.0 cm³/mol. The first-order valence-corrected chi connectivity index (χ1v) is 6.91. The molecule has 1 nitrogen and oxygen atoms in total. The summed E-state index contributed by atoms with van der Waals surface area (Å²) >= 11 is 0. The van der Waals surface area contributed by atoms with Crippen LogP contribution >= 0.6 is 0 Å². The Morgan fingerprint density at radius 2 is 1.65 bits per heavy atom. The maximum Gasteiger partial charge on any atom is 0.115 e. The molecule has 0 saturated carbocycles. The van der Waals surface area contributed by atoms with Crippen LogP contribution in [0.15, 0.2) is 65.3 Å². The molecule has 1 aliphatic rings. The third-order valence-corrected chi connectivity index (χ3v) is 4.34. The highest BCUT2D eigenvalue weighted by Gasteiger charge is 2.23. The molecule has 1 heterocycles. The molecule has 20 heavy (non-hydrogen) atoms. The highest BCUT2D eigenvalue weighted by atomic mass is 16.3. The van der Waals surface area contributed by atoms with Crippen molar-refractivity contribution in [2.24, 2.45) is 0 Å². The van der Waals surface area contributed by atoms with Gasteiger partial charge >= 0.3 is 0 Å². The van der Waals surface area contributed by atoms with Gasteiger partial charge in [-0.1, -0.05) is 36.4 Å². The van der Waals surface area contributed by atoms with E-state index in [1.165, 1.54) is 38.2 Å². The number of fused-ring (bicyclic) bond motifs is 6. The van der Waals surface area contributed by atoms with Gasteiger partial charge in [-0.05, 0) is 50.9 Å². The third-order valence-electron chi connectivity index (χ3n) is 4.34. The van der Waals surface area contributed by atoms with Gasteiger partial charge in [0.1, 0.15) is 5.76 Å². The molecule has 0 amide bonds. The molecular formula is C19H12O. The van der Waals surface area contributed by atoms with Gasteiger partial charge < -0.3 is 4.42 Å². The number of hydrogen-bond acceptors (Lipinski definition) is 1. The highest BCUT2D eigenvalue weighted by Crippen LogP contribution is 2.42. The molecule has 0 radical (unpaired) electrons. The highest BCUT2D eigenvalue weighted by molar-refractivity contribution is 6.07. The summed E-state index contributed by atoms with van der Waals surface area (Å²) in [4.78, 5) is 0. The van der Waals surface area contributed by atoms with Crippen molar-refractivity contribution in [3.63, 3.8) is 0 Å². The Morgan fingerprint density at radius 3 is 2.55 bits per heavy atom. The topological polar surface area (TPSA) is 13.1 Å². The summed E-state index contributed by atoms with van der Waals surface area (Å²) in [5, 5.41) is 5.23. The summed E-state index contributed by atoms with van der Waals surface area (Å²) in [6, 6.07) is 19.7. The van der Waals surface area contributed by atoms with Crippen molar-refractivity contribution in [1.29, 1.82) is 0 Å². The number of furan rings is 1. The van der Waals surface area contributed by atoms with Crippen LogP contribution in [0.5, 0.6) is 0 Å². The molecule has 0 atom stereocenters. The minimum Gasteiger partial charge on any atom is -0.468 e. The van der Waals surface area contributed by atoms with Gasteiger partial charge in [-0.25, -0.2) is 0 Å². The lowest BCUT2D eigenvalue weighted by Gasteiger charge is -2.08. The average Bonchev–Trinajstić information content (AvgIpc) is 3.05. The second-order valence-electron chi connectivity index (χ2n) is 5.45. The standard InChI is InChI=1S/C19H12O/c1-2-4-13-10-17-14(9-12(13)3-1)5-6-15-11-18-16(19(15)17)7-8-20-18/h1-10H,11H2. The van der Waals surface area contributed by atoms with E-state index in [1.807, 2.05) is 0 Å². The van der Waals surface area contributed by atoms with E-state index in [4.69, 9.17) is 4.42 Å². The minimum atomic E-state index is 0.917. The molecule has 94 valence electrons. The Hall–Kier alpha value is -2.54. The van der Waals surface area contributed by atoms with Gasteiger partial charge in [0.15, 0.2) is 0 Å². The molecule has 0 aliphatic heterocycles. The fourth-order valence-corrected chi connectivity index (χ4v) is 3.40. The Labute approximate surface area is 116 Å². The molecule has 3 aromatic carbocycles. The molecule has 0 unspecified atom stereocenters. The Kier molecular flexibility index (Phi) is 1.80. The molecule has 0 spiro atoms. The molecule has 0 fully saturated rings. The minimum absolute atomic E-state index is 0.917. The largest absolute Gasteiger partial charge is 0.468 e. The summed E-state index contributed by atoms with van der Waals surface area (Å²) in [6.07, 6.45) is 2.72. The van der Waals surface area contributed by atoms with Crippen LogP contribution in [0, 0.1) is 0 Å². The lowest BCUT2D eigenvalue weighted by Crippen LogP contribution is -1.84. The van der Waals surface area contributed by atoms with Gasteiger partial charge in [0.05, 0.1) is 6.26 Å². The van der Waals surface area contributed by atoms with Crippen LogP contribution in [0.25, 0.3) is 32.7 Å². The first-order valence-electron chi connectivity index (χ1n) is 6.91. The summed E-state index contributed by atoms with van der Waals surface area (Å²) in [6.45, 7) is 0. The molecule has 0 bridgehead atoms. The van der Waals surface area contributed by atoms with Crippen molar-refractivity contribution >= 4 is 21.5 Å². The molecule has 0 saturated heterocycles. The van der Waals surface area contributed by atoms with Crippen LogP contribution in [-0.2, 0) is 6.42 Å². The predicted octanol–water partition coefficient (Wildman–Crippen LogP) is 5.16. The Morgan fingerprint density at radius 1 is 0.800 bits per heavy atom. The first kappa shape index (κ1) is 10.3. The Bertz CT molecular complexity index is 976. The lowest BCUT2D eigenvalue weighted by molar-refractivity contribution is 0.525. The molecular weight excluding hydrogens is 244 g/mol. The Balaban J connectivity index is 1.97. The van der Waals surface area contributed by atoms with Crippen molar-refractivity contribution in [2.45, 2.75) is 6.42 Å². The van der Waals surface area contributed by atoms with E-state index in [2.05, 4.69) is 54.6 Å². The second kappa shape index (κ2) is 3.51. The zero-order chi connectivity index (χ0) is 13.1. The van der Waals surface area contributed by atoms with Crippen molar-refractivity contribution in [3.8, 4) is 11.1 Å². The van der Waals surface area contributed by atoms with Crippen LogP contribution in [0.3, 0.4) is 0 Å². The quantitative estimate of drug-likeness (QED) is 0.349. The third kappa shape index (κ3) is 1.22. The summed E-state index contributed by atoms with van der Waals surface area (Å²) in [7, 11) is 0. The lowest BCUT2D eigenvalue weighted by atomic mass is 9.96. The van der Waals surface area contributed by atoms with Crippen molar-refractivity contribution in [3.05, 3.63) is 72.2 Å². The zero-order valence-corrected chi connectivity index (χ0v) is 10.9. The van der Waals surface area contributed by atoms with Crippen LogP contribution in [0.1, 0.15) is 11.3 Å². The maximum absolute atomic E-state index is 5.59. The van der Waals surface area contributed by atoms with Gasteiger partial charge in [-0.3, -0.25) is 0 Å². The monoisotopic (exact) mass is 256 g/mol. The summed E-state index contributed by atoms with van der Waals surface area (Å²) in [5.41, 5.74) is 4.00. The van der Waals surface area contributed by atoms with Crippen molar-refractivity contribution < 1.29 is 4.42 Å². The molecule has 1 heteroatoms. The maximum atomic E-state index is 5.59. The fraction of sp³-hybridized carbons (Fsp3) is 0.0526. The van der Waals surface area contributed by atoms with E-state index in [-0.39, 0.29) is 0 Å². The molecule has 5 rings (SSSR count). The van der Waals surface area contributed by atoms with Gasteiger partial charge in [0, 0.05) is 12.0 Å².